The minimum atomic E-state index is -0.381. The smallest absolute Gasteiger partial charge is 0.0897 e. The van der Waals surface area contributed by atoms with Crippen LogP contribution < -0.4 is 5.32 Å². The van der Waals surface area contributed by atoms with E-state index in [0.29, 0.717) is 13.2 Å². The fourth-order valence-electron chi connectivity index (χ4n) is 2.42. The summed E-state index contributed by atoms with van der Waals surface area (Å²) in [7, 11) is 1.61. The van der Waals surface area contributed by atoms with Crippen molar-refractivity contribution < 1.29 is 9.84 Å². The number of rotatable bonds is 8. The molecule has 0 bridgehead atoms. The van der Waals surface area contributed by atoms with E-state index in [4.69, 9.17) is 4.74 Å². The molecular weight excluding hydrogens is 216 g/mol. The summed E-state index contributed by atoms with van der Waals surface area (Å²) in [5, 5.41) is 12.7. The molecule has 102 valence electrons. The highest BCUT2D eigenvalue weighted by molar-refractivity contribution is 4.73. The zero-order valence-corrected chi connectivity index (χ0v) is 11.3. The molecule has 1 fully saturated rings. The van der Waals surface area contributed by atoms with Crippen LogP contribution in [0.4, 0.5) is 0 Å². The zero-order valence-electron chi connectivity index (χ0n) is 11.3. The number of aliphatic hydroxyl groups is 1. The molecule has 17 heavy (non-hydrogen) atoms. The van der Waals surface area contributed by atoms with Gasteiger partial charge >= 0.3 is 0 Å². The summed E-state index contributed by atoms with van der Waals surface area (Å²) in [4.78, 5) is 2.58. The van der Waals surface area contributed by atoms with Crippen LogP contribution in [-0.2, 0) is 4.74 Å². The predicted molar refractivity (Wildman–Crippen MR) is 70.3 cm³/mol. The topological polar surface area (TPSA) is 44.7 Å². The van der Waals surface area contributed by atoms with E-state index in [-0.39, 0.29) is 6.10 Å². The summed E-state index contributed by atoms with van der Waals surface area (Å²) in [6.07, 6.45) is 4.86. The van der Waals surface area contributed by atoms with Gasteiger partial charge in [0.1, 0.15) is 0 Å². The Morgan fingerprint density at radius 1 is 1.47 bits per heavy atom. The normalized spacial score (nSPS) is 23.8. The number of ether oxygens (including phenoxy) is 1. The Hall–Kier alpha value is -0.160. The number of likely N-dealkylation sites (tertiary alicyclic amines) is 1. The lowest BCUT2D eigenvalue weighted by atomic mass is 10.0. The van der Waals surface area contributed by atoms with E-state index in [9.17, 15) is 5.11 Å². The van der Waals surface area contributed by atoms with Crippen LogP contribution in [0.1, 0.15) is 32.6 Å². The maximum absolute atomic E-state index is 9.44. The van der Waals surface area contributed by atoms with Crippen LogP contribution in [0, 0.1) is 0 Å². The highest BCUT2D eigenvalue weighted by Crippen LogP contribution is 2.15. The molecule has 1 saturated heterocycles. The number of hydrogen-bond donors (Lipinski definition) is 2. The molecule has 0 amide bonds. The van der Waals surface area contributed by atoms with Gasteiger partial charge in [-0.25, -0.2) is 0 Å². The number of hydrogen-bond acceptors (Lipinski definition) is 4. The molecule has 4 heteroatoms. The van der Waals surface area contributed by atoms with Gasteiger partial charge in [-0.3, -0.25) is 0 Å². The van der Waals surface area contributed by atoms with Crippen LogP contribution in [0.15, 0.2) is 0 Å². The number of piperidine rings is 1. The van der Waals surface area contributed by atoms with Crippen LogP contribution in [0.5, 0.6) is 0 Å². The molecule has 2 unspecified atom stereocenters. The fraction of sp³-hybridized carbons (Fsp3) is 1.00. The second-order valence-electron chi connectivity index (χ2n) is 5.05. The van der Waals surface area contributed by atoms with E-state index >= 15 is 0 Å². The summed E-state index contributed by atoms with van der Waals surface area (Å²) in [6.45, 7) is 6.78. The summed E-state index contributed by atoms with van der Waals surface area (Å²) < 4.78 is 4.87. The van der Waals surface area contributed by atoms with Crippen molar-refractivity contribution in [3.8, 4) is 0 Å². The summed E-state index contributed by atoms with van der Waals surface area (Å²) in [5.41, 5.74) is 0. The van der Waals surface area contributed by atoms with Crippen molar-refractivity contribution in [3.63, 3.8) is 0 Å². The van der Waals surface area contributed by atoms with Gasteiger partial charge in [-0.15, -0.1) is 0 Å². The second-order valence-corrected chi connectivity index (χ2v) is 5.05. The lowest BCUT2D eigenvalue weighted by Gasteiger charge is -2.33. The van der Waals surface area contributed by atoms with Crippen molar-refractivity contribution >= 4 is 0 Å². The molecule has 4 nitrogen and oxygen atoms in total. The standard InChI is InChI=1S/C13H28N2O2/c1-12-6-3-4-8-15(12)9-5-7-14-10-13(16)11-17-2/h12-14,16H,3-11H2,1-2H3. The Bertz CT molecular complexity index is 190. The van der Waals surface area contributed by atoms with Crippen molar-refractivity contribution in [2.45, 2.75) is 44.8 Å². The molecule has 1 heterocycles. The van der Waals surface area contributed by atoms with Gasteiger partial charge < -0.3 is 20.1 Å². The number of nitrogens with one attached hydrogen (secondary N) is 1. The molecule has 0 aliphatic carbocycles. The van der Waals surface area contributed by atoms with Crippen LogP contribution in [0.25, 0.3) is 0 Å². The van der Waals surface area contributed by atoms with E-state index in [1.807, 2.05) is 0 Å². The van der Waals surface area contributed by atoms with Gasteiger partial charge in [0.2, 0.25) is 0 Å². The van der Waals surface area contributed by atoms with E-state index in [2.05, 4.69) is 17.1 Å². The molecular formula is C13H28N2O2. The van der Waals surface area contributed by atoms with E-state index in [0.717, 1.165) is 19.0 Å². The molecule has 1 aliphatic heterocycles. The van der Waals surface area contributed by atoms with Crippen LogP contribution in [-0.4, -0.2) is 62.0 Å². The maximum Gasteiger partial charge on any atom is 0.0897 e. The van der Waals surface area contributed by atoms with Gasteiger partial charge in [0.05, 0.1) is 12.7 Å². The molecule has 2 atom stereocenters. The predicted octanol–water partition coefficient (Wildman–Crippen LogP) is 0.848. The Morgan fingerprint density at radius 3 is 3.00 bits per heavy atom. The molecule has 0 aromatic rings. The minimum Gasteiger partial charge on any atom is -0.389 e. The summed E-state index contributed by atoms with van der Waals surface area (Å²) in [6, 6.07) is 0.753. The van der Waals surface area contributed by atoms with Crippen LogP contribution >= 0.6 is 0 Å². The number of aliphatic hydroxyl groups excluding tert-OH is 1. The summed E-state index contributed by atoms with van der Waals surface area (Å²) >= 11 is 0. The van der Waals surface area contributed by atoms with Gasteiger partial charge in [0, 0.05) is 19.7 Å². The fourth-order valence-corrected chi connectivity index (χ4v) is 2.42. The van der Waals surface area contributed by atoms with E-state index in [1.54, 1.807) is 7.11 Å². The average molecular weight is 244 g/mol. The maximum atomic E-state index is 9.44. The zero-order chi connectivity index (χ0) is 12.5. The number of methoxy groups -OCH3 is 1. The lowest BCUT2D eigenvalue weighted by molar-refractivity contribution is 0.0643. The lowest BCUT2D eigenvalue weighted by Crippen LogP contribution is -2.39. The van der Waals surface area contributed by atoms with Gasteiger partial charge in [0.15, 0.2) is 0 Å². The highest BCUT2D eigenvalue weighted by Gasteiger charge is 2.16. The first-order valence-electron chi connectivity index (χ1n) is 6.85. The number of nitrogens with zero attached hydrogens (tertiary/aromatic N) is 1. The first kappa shape index (κ1) is 14.9. The third-order valence-corrected chi connectivity index (χ3v) is 3.48. The van der Waals surface area contributed by atoms with Crippen molar-refractivity contribution in [2.75, 3.05) is 39.9 Å². The van der Waals surface area contributed by atoms with Gasteiger partial charge in [-0.05, 0) is 45.8 Å². The first-order chi connectivity index (χ1) is 8.24. The van der Waals surface area contributed by atoms with Crippen LogP contribution in [0.2, 0.25) is 0 Å². The largest absolute Gasteiger partial charge is 0.389 e. The third-order valence-electron chi connectivity index (χ3n) is 3.48. The molecule has 2 N–H and O–H groups in total. The van der Waals surface area contributed by atoms with Gasteiger partial charge in [-0.2, -0.15) is 0 Å². The molecule has 0 radical (unpaired) electrons. The first-order valence-corrected chi connectivity index (χ1v) is 6.85. The van der Waals surface area contributed by atoms with Crippen molar-refractivity contribution in [3.05, 3.63) is 0 Å². The average Bonchev–Trinajstić information content (AvgIpc) is 2.31. The minimum absolute atomic E-state index is 0.381. The molecule has 0 saturated carbocycles. The van der Waals surface area contributed by atoms with Crippen molar-refractivity contribution in [2.24, 2.45) is 0 Å². The Kier molecular flexibility index (Phi) is 7.77. The van der Waals surface area contributed by atoms with Crippen LogP contribution in [0.3, 0.4) is 0 Å². The highest BCUT2D eigenvalue weighted by atomic mass is 16.5. The SMILES string of the molecule is COCC(O)CNCCCN1CCCCC1C. The molecule has 0 aromatic heterocycles. The molecule has 0 spiro atoms. The molecule has 1 rings (SSSR count). The Balaban J connectivity index is 1.96. The second kappa shape index (κ2) is 8.86. The third kappa shape index (κ3) is 6.36. The summed E-state index contributed by atoms with van der Waals surface area (Å²) in [5.74, 6) is 0. The monoisotopic (exact) mass is 244 g/mol. The van der Waals surface area contributed by atoms with Gasteiger partial charge in [0.25, 0.3) is 0 Å². The van der Waals surface area contributed by atoms with Crippen molar-refractivity contribution in [1.82, 2.24) is 10.2 Å². The Labute approximate surface area is 105 Å². The quantitative estimate of drug-likeness (QED) is 0.621. The van der Waals surface area contributed by atoms with Gasteiger partial charge in [-0.1, -0.05) is 6.42 Å². The molecule has 1 aliphatic rings. The Morgan fingerprint density at radius 2 is 2.29 bits per heavy atom. The molecule has 0 aromatic carbocycles. The van der Waals surface area contributed by atoms with E-state index < -0.39 is 0 Å². The van der Waals surface area contributed by atoms with Crippen molar-refractivity contribution in [1.29, 1.82) is 0 Å². The van der Waals surface area contributed by atoms with E-state index in [1.165, 1.54) is 32.4 Å².